The van der Waals surface area contributed by atoms with Crippen molar-refractivity contribution in [2.24, 2.45) is 0 Å². The van der Waals surface area contributed by atoms with Gasteiger partial charge in [0.15, 0.2) is 0 Å². The van der Waals surface area contributed by atoms with Crippen LogP contribution in [0.3, 0.4) is 0 Å². The predicted molar refractivity (Wildman–Crippen MR) is 122 cm³/mol. The van der Waals surface area contributed by atoms with E-state index in [1.807, 2.05) is 0 Å². The zero-order valence-electron chi connectivity index (χ0n) is 16.8. The van der Waals surface area contributed by atoms with E-state index in [4.69, 9.17) is 0 Å². The van der Waals surface area contributed by atoms with Gasteiger partial charge in [0.05, 0.1) is 22.0 Å². The Bertz CT molecular complexity index is 1300. The number of fused-ring (bicyclic) bond motifs is 1. The standard InChI is InChI=1S/C22H15BrN4O6/c23-14-6-9-18-17(10-14)21(13-4-2-1-3-5-13)25(12-20(28)24-18)22(29)16-8-7-15(26(30)31)11-19(16)27(32)33/h1-11,21H,12H2,(H,24,28)/t21-/m0/s1. The fourth-order valence-electron chi connectivity index (χ4n) is 3.78. The summed E-state index contributed by atoms with van der Waals surface area (Å²) in [5.41, 5.74) is 0.231. The van der Waals surface area contributed by atoms with Gasteiger partial charge in [-0.2, -0.15) is 0 Å². The molecule has 10 nitrogen and oxygen atoms in total. The molecule has 0 spiro atoms. The Labute approximate surface area is 195 Å². The van der Waals surface area contributed by atoms with Crippen LogP contribution in [-0.2, 0) is 4.79 Å². The van der Waals surface area contributed by atoms with Crippen LogP contribution in [0.4, 0.5) is 17.1 Å². The molecule has 0 radical (unpaired) electrons. The van der Waals surface area contributed by atoms with Gasteiger partial charge in [0, 0.05) is 21.8 Å². The number of nitrogens with one attached hydrogen (secondary N) is 1. The third-order valence-electron chi connectivity index (χ3n) is 5.20. The Morgan fingerprint density at radius 2 is 1.73 bits per heavy atom. The minimum absolute atomic E-state index is 0.349. The SMILES string of the molecule is O=C1CN(C(=O)c2ccc([N+](=O)[O-])cc2[N+](=O)[O-])[C@@H](c2ccccc2)c2cc(Br)ccc2N1. The first-order chi connectivity index (χ1) is 15.8. The van der Waals surface area contributed by atoms with Crippen molar-refractivity contribution >= 4 is 44.8 Å². The lowest BCUT2D eigenvalue weighted by Gasteiger charge is -2.30. The highest BCUT2D eigenvalue weighted by Crippen LogP contribution is 2.39. The first-order valence-corrected chi connectivity index (χ1v) is 10.4. The van der Waals surface area contributed by atoms with Gasteiger partial charge in [0.25, 0.3) is 17.3 Å². The Morgan fingerprint density at radius 1 is 1.00 bits per heavy atom. The third-order valence-corrected chi connectivity index (χ3v) is 5.70. The van der Waals surface area contributed by atoms with Crippen molar-refractivity contribution in [3.05, 3.63) is 108 Å². The molecule has 4 rings (SSSR count). The van der Waals surface area contributed by atoms with E-state index in [1.165, 1.54) is 4.90 Å². The van der Waals surface area contributed by atoms with Gasteiger partial charge in [0.1, 0.15) is 12.1 Å². The van der Waals surface area contributed by atoms with E-state index in [1.54, 1.807) is 48.5 Å². The van der Waals surface area contributed by atoms with Gasteiger partial charge in [-0.15, -0.1) is 0 Å². The van der Waals surface area contributed by atoms with Gasteiger partial charge in [0.2, 0.25) is 5.91 Å². The van der Waals surface area contributed by atoms with E-state index in [-0.39, 0.29) is 12.1 Å². The lowest BCUT2D eigenvalue weighted by atomic mass is 9.95. The van der Waals surface area contributed by atoms with Gasteiger partial charge >= 0.3 is 0 Å². The van der Waals surface area contributed by atoms with Crippen LogP contribution in [-0.4, -0.2) is 33.1 Å². The summed E-state index contributed by atoms with van der Waals surface area (Å²) in [7, 11) is 0. The summed E-state index contributed by atoms with van der Waals surface area (Å²) in [5, 5.41) is 25.5. The number of amides is 2. The number of anilines is 1. The molecule has 0 unspecified atom stereocenters. The van der Waals surface area contributed by atoms with Gasteiger partial charge in [-0.1, -0.05) is 46.3 Å². The average molecular weight is 511 g/mol. The summed E-state index contributed by atoms with van der Waals surface area (Å²) in [4.78, 5) is 48.6. The molecule has 0 saturated carbocycles. The van der Waals surface area contributed by atoms with Crippen molar-refractivity contribution in [3.63, 3.8) is 0 Å². The summed E-state index contributed by atoms with van der Waals surface area (Å²) in [6, 6.07) is 16.2. The Morgan fingerprint density at radius 3 is 2.39 bits per heavy atom. The molecule has 33 heavy (non-hydrogen) atoms. The second-order valence-electron chi connectivity index (χ2n) is 7.24. The van der Waals surface area contributed by atoms with Crippen molar-refractivity contribution in [1.82, 2.24) is 4.90 Å². The number of non-ortho nitro benzene ring substituents is 1. The number of nitrogens with zero attached hydrogens (tertiary/aromatic N) is 3. The average Bonchev–Trinajstić information content (AvgIpc) is 2.94. The third kappa shape index (κ3) is 4.30. The molecule has 1 aliphatic rings. The van der Waals surface area contributed by atoms with Crippen molar-refractivity contribution in [1.29, 1.82) is 0 Å². The van der Waals surface area contributed by atoms with E-state index in [0.717, 1.165) is 18.2 Å². The van der Waals surface area contributed by atoms with Gasteiger partial charge in [-0.3, -0.25) is 29.8 Å². The van der Waals surface area contributed by atoms with Gasteiger partial charge in [-0.05, 0) is 29.8 Å². The highest BCUT2D eigenvalue weighted by Gasteiger charge is 2.37. The Hall–Kier alpha value is -4.12. The minimum Gasteiger partial charge on any atom is -0.324 e. The van der Waals surface area contributed by atoms with E-state index in [0.29, 0.717) is 21.3 Å². The summed E-state index contributed by atoms with van der Waals surface area (Å²) < 4.78 is 0.715. The number of carbonyl (C=O) groups is 2. The van der Waals surface area contributed by atoms with E-state index in [2.05, 4.69) is 21.2 Å². The minimum atomic E-state index is -0.847. The smallest absolute Gasteiger partial charge is 0.289 e. The molecule has 166 valence electrons. The summed E-state index contributed by atoms with van der Waals surface area (Å²) >= 11 is 3.42. The van der Waals surface area contributed by atoms with Crippen molar-refractivity contribution in [2.45, 2.75) is 6.04 Å². The van der Waals surface area contributed by atoms with E-state index < -0.39 is 39.1 Å². The number of rotatable bonds is 4. The topological polar surface area (TPSA) is 136 Å². The number of nitro benzene ring substituents is 2. The van der Waals surface area contributed by atoms with Crippen LogP contribution in [0.5, 0.6) is 0 Å². The van der Waals surface area contributed by atoms with Crippen LogP contribution in [0.25, 0.3) is 0 Å². The number of hydrogen-bond donors (Lipinski definition) is 1. The molecule has 11 heteroatoms. The van der Waals surface area contributed by atoms with Gasteiger partial charge in [-0.25, -0.2) is 0 Å². The maximum Gasteiger partial charge on any atom is 0.289 e. The van der Waals surface area contributed by atoms with Crippen molar-refractivity contribution in [3.8, 4) is 0 Å². The molecule has 2 amide bonds. The Kier molecular flexibility index (Phi) is 5.88. The quantitative estimate of drug-likeness (QED) is 0.406. The summed E-state index contributed by atoms with van der Waals surface area (Å²) in [6.45, 7) is -0.376. The highest BCUT2D eigenvalue weighted by molar-refractivity contribution is 9.10. The predicted octanol–water partition coefficient (Wildman–Crippen LogP) is 4.45. The number of hydrogen-bond acceptors (Lipinski definition) is 6. The zero-order valence-corrected chi connectivity index (χ0v) is 18.4. The maximum absolute atomic E-state index is 13.6. The number of nitro groups is 2. The summed E-state index contributed by atoms with van der Waals surface area (Å²) in [5.74, 6) is -1.27. The number of halogens is 1. The normalized spacial score (nSPS) is 15.2. The largest absolute Gasteiger partial charge is 0.324 e. The van der Waals surface area contributed by atoms with Crippen LogP contribution in [0, 0.1) is 20.2 Å². The van der Waals surface area contributed by atoms with Crippen LogP contribution < -0.4 is 5.32 Å². The lowest BCUT2D eigenvalue weighted by Crippen LogP contribution is -2.39. The van der Waals surface area contributed by atoms with Crippen LogP contribution in [0.1, 0.15) is 27.5 Å². The van der Waals surface area contributed by atoms with Crippen molar-refractivity contribution in [2.75, 3.05) is 11.9 Å². The molecule has 0 aromatic heterocycles. The monoisotopic (exact) mass is 510 g/mol. The maximum atomic E-state index is 13.6. The molecule has 1 atom stereocenters. The molecule has 0 saturated heterocycles. The van der Waals surface area contributed by atoms with Crippen LogP contribution in [0.15, 0.2) is 71.2 Å². The van der Waals surface area contributed by atoms with Gasteiger partial charge < -0.3 is 10.2 Å². The van der Waals surface area contributed by atoms with Crippen LogP contribution in [0.2, 0.25) is 0 Å². The number of benzene rings is 3. The lowest BCUT2D eigenvalue weighted by molar-refractivity contribution is -0.394. The molecule has 0 aliphatic carbocycles. The molecule has 3 aromatic rings. The molecule has 0 bridgehead atoms. The zero-order chi connectivity index (χ0) is 23.7. The molecule has 1 heterocycles. The Balaban J connectivity index is 1.91. The molecular formula is C22H15BrN4O6. The second-order valence-corrected chi connectivity index (χ2v) is 8.16. The molecule has 1 aliphatic heterocycles. The van der Waals surface area contributed by atoms with E-state index in [9.17, 15) is 29.8 Å². The molecular weight excluding hydrogens is 496 g/mol. The fourth-order valence-corrected chi connectivity index (χ4v) is 4.16. The summed E-state index contributed by atoms with van der Waals surface area (Å²) in [6.07, 6.45) is 0. The second kappa shape index (κ2) is 8.79. The first-order valence-electron chi connectivity index (χ1n) is 9.64. The van der Waals surface area contributed by atoms with Crippen LogP contribution >= 0.6 is 15.9 Å². The highest BCUT2D eigenvalue weighted by atomic mass is 79.9. The fraction of sp³-hybridized carbons (Fsp3) is 0.0909. The molecule has 0 fully saturated rings. The van der Waals surface area contributed by atoms with Crippen molar-refractivity contribution < 1.29 is 19.4 Å². The molecule has 1 N–H and O–H groups in total. The number of carbonyl (C=O) groups excluding carboxylic acids is 2. The first kappa shape index (κ1) is 22.1. The molecule has 3 aromatic carbocycles. The van der Waals surface area contributed by atoms with E-state index >= 15 is 0 Å².